The summed E-state index contributed by atoms with van der Waals surface area (Å²) < 4.78 is 3.79. The van der Waals surface area contributed by atoms with Crippen LogP contribution in [0.15, 0.2) is 194 Å². The van der Waals surface area contributed by atoms with Gasteiger partial charge in [0.2, 0.25) is 0 Å². The molecule has 3 aliphatic rings. The van der Waals surface area contributed by atoms with Gasteiger partial charge in [-0.3, -0.25) is 0 Å². The summed E-state index contributed by atoms with van der Waals surface area (Å²) in [4.78, 5) is 17.0. The summed E-state index contributed by atoms with van der Waals surface area (Å²) >= 11 is 3.74. The number of thiophene rings is 2. The van der Waals surface area contributed by atoms with E-state index in [1.807, 2.05) is 35.6 Å². The van der Waals surface area contributed by atoms with Crippen molar-refractivity contribution in [1.29, 1.82) is 0 Å². The molecular formula is C57H39N3S2. The molecule has 0 spiro atoms. The van der Waals surface area contributed by atoms with Crippen molar-refractivity contribution >= 4 is 70.2 Å². The topological polar surface area (TPSA) is 38.7 Å². The van der Waals surface area contributed by atoms with E-state index in [9.17, 15) is 0 Å². The number of nitrogens with zero attached hydrogens (tertiary/aromatic N) is 3. The van der Waals surface area contributed by atoms with Crippen LogP contribution < -0.4 is 0 Å². The van der Waals surface area contributed by atoms with Crippen LogP contribution in [0.25, 0.3) is 92.8 Å². The van der Waals surface area contributed by atoms with Gasteiger partial charge in [-0.25, -0.2) is 15.0 Å². The highest BCUT2D eigenvalue weighted by Gasteiger charge is 2.32. The first-order valence-corrected chi connectivity index (χ1v) is 22.8. The lowest BCUT2D eigenvalue weighted by atomic mass is 9.69. The molecule has 3 aromatic heterocycles. The highest BCUT2D eigenvalue weighted by atomic mass is 32.1. The first kappa shape index (κ1) is 36.8. The van der Waals surface area contributed by atoms with Crippen molar-refractivity contribution in [3.8, 4) is 45.3 Å². The molecule has 0 bridgehead atoms. The Bertz CT molecular complexity index is 3480. The number of benzene rings is 6. The number of rotatable bonds is 7. The third-order valence-corrected chi connectivity index (χ3v) is 15.2. The highest BCUT2D eigenvalue weighted by Crippen LogP contribution is 2.50. The van der Waals surface area contributed by atoms with Gasteiger partial charge in [0.25, 0.3) is 0 Å². The lowest BCUT2D eigenvalue weighted by Crippen LogP contribution is -2.18. The molecule has 0 saturated heterocycles. The minimum absolute atomic E-state index is 0.256. The molecule has 1 atom stereocenters. The molecule has 6 aromatic carbocycles. The van der Waals surface area contributed by atoms with E-state index < -0.39 is 0 Å². The van der Waals surface area contributed by atoms with Crippen molar-refractivity contribution in [3.05, 3.63) is 215 Å². The Kier molecular flexibility index (Phi) is 8.80. The maximum Gasteiger partial charge on any atom is 0.164 e. The molecule has 0 radical (unpaired) electrons. The first-order valence-electron chi connectivity index (χ1n) is 21.2. The Balaban J connectivity index is 0.965. The molecule has 0 aliphatic heterocycles. The van der Waals surface area contributed by atoms with Crippen LogP contribution in [-0.2, 0) is 6.42 Å². The standard InChI is InChI=1S/C57H39N3S2/c1-3-39-40(4-2)47-32-35(27-29-44(47)43-20-9-8-19-42(39)43)36-28-30-50-48(33-36)53-41(22-13-25-51(53)62-50)37-17-12-18-38(31-37)56-58-55(34-15-6-5-7-16-34)59-57(60-56)46-23-14-26-52-54(46)45-21-10-11-24-49(45)61-52/h3-27,29,31,33,47H,1-2,28,30,32H2. The van der Waals surface area contributed by atoms with Gasteiger partial charge < -0.3 is 0 Å². The average molecular weight is 830 g/mol. The SMILES string of the molecule is C=CC1=C(C=C)C2CC(C3=Cc4c(sc5cccc(-c6cccc(-c7nc(-c8ccccc8)nc(-c8cccc9sc%10ccccc%10c89)n7)c6)c45)CC3)=CC=C2c2ccccc21. The fourth-order valence-electron chi connectivity index (χ4n) is 9.97. The van der Waals surface area contributed by atoms with Crippen LogP contribution in [0.5, 0.6) is 0 Å². The first-order chi connectivity index (χ1) is 30.6. The fourth-order valence-corrected chi connectivity index (χ4v) is 12.3. The van der Waals surface area contributed by atoms with Crippen LogP contribution in [0.3, 0.4) is 0 Å². The molecule has 3 nitrogen and oxygen atoms in total. The van der Waals surface area contributed by atoms with Gasteiger partial charge in [0, 0.05) is 57.7 Å². The summed E-state index contributed by atoms with van der Waals surface area (Å²) in [5.74, 6) is 2.24. The summed E-state index contributed by atoms with van der Waals surface area (Å²) in [5, 5.41) is 3.72. The molecule has 0 saturated carbocycles. The maximum absolute atomic E-state index is 5.27. The number of aryl methyl sites for hydroxylation is 1. The molecule has 3 heterocycles. The second-order valence-corrected chi connectivity index (χ2v) is 18.4. The molecule has 5 heteroatoms. The van der Waals surface area contributed by atoms with E-state index in [4.69, 9.17) is 15.0 Å². The Labute approximate surface area is 368 Å². The summed E-state index contributed by atoms with van der Waals surface area (Å²) in [7, 11) is 0. The van der Waals surface area contributed by atoms with Crippen molar-refractivity contribution in [2.24, 2.45) is 5.92 Å². The summed E-state index contributed by atoms with van der Waals surface area (Å²) in [6, 6.07) is 49.6. The van der Waals surface area contributed by atoms with Gasteiger partial charge in [-0.05, 0) is 105 Å². The molecule has 294 valence electrons. The van der Waals surface area contributed by atoms with Crippen LogP contribution >= 0.6 is 22.7 Å². The van der Waals surface area contributed by atoms with Gasteiger partial charge in [0.05, 0.1) is 0 Å². The molecule has 3 aliphatic carbocycles. The Morgan fingerprint density at radius 1 is 0.516 bits per heavy atom. The number of allylic oxidation sites excluding steroid dienone is 9. The molecule has 0 N–H and O–H groups in total. The van der Waals surface area contributed by atoms with E-state index in [2.05, 4.69) is 159 Å². The average Bonchev–Trinajstić information content (AvgIpc) is 3.92. The van der Waals surface area contributed by atoms with Gasteiger partial charge in [0.1, 0.15) is 0 Å². The van der Waals surface area contributed by atoms with E-state index in [1.54, 1.807) is 11.3 Å². The zero-order chi connectivity index (χ0) is 41.3. The molecule has 62 heavy (non-hydrogen) atoms. The van der Waals surface area contributed by atoms with Gasteiger partial charge in [-0.1, -0.05) is 153 Å². The maximum atomic E-state index is 5.27. The van der Waals surface area contributed by atoms with Crippen molar-refractivity contribution in [2.75, 3.05) is 0 Å². The zero-order valence-corrected chi connectivity index (χ0v) is 35.6. The summed E-state index contributed by atoms with van der Waals surface area (Å²) in [5.41, 5.74) is 15.9. The van der Waals surface area contributed by atoms with E-state index in [1.165, 1.54) is 85.3 Å². The molecule has 0 amide bonds. The Morgan fingerprint density at radius 2 is 1.18 bits per heavy atom. The van der Waals surface area contributed by atoms with Gasteiger partial charge in [-0.15, -0.1) is 22.7 Å². The van der Waals surface area contributed by atoms with Crippen LogP contribution in [0.2, 0.25) is 0 Å². The lowest BCUT2D eigenvalue weighted by Gasteiger charge is -2.34. The van der Waals surface area contributed by atoms with Crippen LogP contribution in [0, 0.1) is 5.92 Å². The van der Waals surface area contributed by atoms with Gasteiger partial charge in [0.15, 0.2) is 17.5 Å². The second-order valence-electron chi connectivity index (χ2n) is 16.2. The number of hydrogen-bond donors (Lipinski definition) is 0. The van der Waals surface area contributed by atoms with Crippen LogP contribution in [-0.4, -0.2) is 15.0 Å². The van der Waals surface area contributed by atoms with Gasteiger partial charge >= 0.3 is 0 Å². The lowest BCUT2D eigenvalue weighted by molar-refractivity contribution is 0.762. The van der Waals surface area contributed by atoms with Crippen LogP contribution in [0.1, 0.15) is 34.4 Å². The smallest absolute Gasteiger partial charge is 0.164 e. The summed E-state index contributed by atoms with van der Waals surface area (Å²) in [6.45, 7) is 8.51. The van der Waals surface area contributed by atoms with Crippen molar-refractivity contribution in [3.63, 3.8) is 0 Å². The number of aromatic nitrogens is 3. The van der Waals surface area contributed by atoms with Gasteiger partial charge in [-0.2, -0.15) is 0 Å². The van der Waals surface area contributed by atoms with E-state index in [-0.39, 0.29) is 5.92 Å². The summed E-state index contributed by atoms with van der Waals surface area (Å²) in [6.07, 6.45) is 14.3. The monoisotopic (exact) mass is 829 g/mol. The molecular weight excluding hydrogens is 791 g/mol. The predicted octanol–water partition coefficient (Wildman–Crippen LogP) is 15.6. The highest BCUT2D eigenvalue weighted by molar-refractivity contribution is 7.26. The van der Waals surface area contributed by atoms with Crippen LogP contribution in [0.4, 0.5) is 0 Å². The third kappa shape index (κ3) is 5.95. The predicted molar refractivity (Wildman–Crippen MR) is 264 cm³/mol. The van der Waals surface area contributed by atoms with Crippen molar-refractivity contribution in [1.82, 2.24) is 15.0 Å². The molecule has 9 aromatic rings. The number of hydrogen-bond acceptors (Lipinski definition) is 5. The zero-order valence-electron chi connectivity index (χ0n) is 33.9. The van der Waals surface area contributed by atoms with E-state index >= 15 is 0 Å². The van der Waals surface area contributed by atoms with Crippen molar-refractivity contribution in [2.45, 2.75) is 19.3 Å². The minimum atomic E-state index is 0.256. The second kappa shape index (κ2) is 14.8. The quantitative estimate of drug-likeness (QED) is 0.161. The van der Waals surface area contributed by atoms with Crippen molar-refractivity contribution < 1.29 is 0 Å². The number of fused-ring (bicyclic) bond motifs is 9. The third-order valence-electron chi connectivity index (χ3n) is 12.8. The Hall–Kier alpha value is -7.05. The molecule has 1 unspecified atom stereocenters. The Morgan fingerprint density at radius 3 is 2.02 bits per heavy atom. The normalized spacial score (nSPS) is 15.7. The fraction of sp³-hybridized carbons (Fsp3) is 0.0702. The molecule has 12 rings (SSSR count). The van der Waals surface area contributed by atoms with E-state index in [0.29, 0.717) is 17.5 Å². The largest absolute Gasteiger partial charge is 0.208 e. The van der Waals surface area contributed by atoms with E-state index in [0.717, 1.165) is 41.5 Å². The molecule has 0 fully saturated rings. The minimum Gasteiger partial charge on any atom is -0.208 e.